The van der Waals surface area contributed by atoms with Crippen molar-refractivity contribution in [1.82, 2.24) is 19.5 Å². The van der Waals surface area contributed by atoms with Gasteiger partial charge in [-0.2, -0.15) is 4.98 Å². The van der Waals surface area contributed by atoms with Crippen molar-refractivity contribution in [3.05, 3.63) is 112 Å². The number of hydrogen-bond donors (Lipinski definition) is 3. The number of ether oxygens (including phenoxy) is 4. The van der Waals surface area contributed by atoms with Crippen LogP contribution in [0.2, 0.25) is 0 Å². The van der Waals surface area contributed by atoms with Gasteiger partial charge in [0.1, 0.15) is 29.3 Å². The van der Waals surface area contributed by atoms with Crippen molar-refractivity contribution in [3.8, 4) is 11.5 Å². The first-order valence-electron chi connectivity index (χ1n) is 15.4. The van der Waals surface area contributed by atoms with Crippen LogP contribution in [-0.4, -0.2) is 69.7 Å². The molecule has 3 heterocycles. The van der Waals surface area contributed by atoms with Crippen LogP contribution >= 0.6 is 0 Å². The number of nitrogens with zero attached hydrogens (tertiary/aromatic N) is 3. The monoisotopic (exact) mass is 657 g/mol. The molecule has 1 aliphatic heterocycles. The summed E-state index contributed by atoms with van der Waals surface area (Å²) < 4.78 is 40.9. The van der Waals surface area contributed by atoms with Crippen LogP contribution in [0.3, 0.4) is 0 Å². The third kappa shape index (κ3) is 6.03. The van der Waals surface area contributed by atoms with E-state index in [4.69, 9.17) is 18.9 Å². The molecule has 0 saturated carbocycles. The predicted molar refractivity (Wildman–Crippen MR) is 175 cm³/mol. The van der Waals surface area contributed by atoms with E-state index in [0.29, 0.717) is 11.5 Å². The zero-order valence-electron chi connectivity index (χ0n) is 26.8. The van der Waals surface area contributed by atoms with Crippen molar-refractivity contribution in [2.75, 3.05) is 26.1 Å². The first kappa shape index (κ1) is 32.8. The van der Waals surface area contributed by atoms with Gasteiger partial charge in [0.25, 0.3) is 5.56 Å². The van der Waals surface area contributed by atoms with Crippen LogP contribution in [-0.2, 0) is 19.9 Å². The highest BCUT2D eigenvalue weighted by atomic mass is 19.1. The molecule has 3 aromatic carbocycles. The summed E-state index contributed by atoms with van der Waals surface area (Å²) >= 11 is 0. The fourth-order valence-corrected chi connectivity index (χ4v) is 5.78. The Morgan fingerprint density at radius 1 is 1.00 bits per heavy atom. The molecule has 12 nitrogen and oxygen atoms in total. The van der Waals surface area contributed by atoms with Crippen molar-refractivity contribution in [1.29, 1.82) is 0 Å². The van der Waals surface area contributed by atoms with Gasteiger partial charge < -0.3 is 24.1 Å². The van der Waals surface area contributed by atoms with Crippen LogP contribution < -0.4 is 20.3 Å². The summed E-state index contributed by atoms with van der Waals surface area (Å²) in [6.45, 7) is 3.15. The third-order valence-corrected chi connectivity index (χ3v) is 8.40. The van der Waals surface area contributed by atoms with Gasteiger partial charge in [0, 0.05) is 5.92 Å². The van der Waals surface area contributed by atoms with E-state index in [1.165, 1.54) is 10.9 Å². The van der Waals surface area contributed by atoms with Crippen LogP contribution in [0.5, 0.6) is 11.5 Å². The lowest BCUT2D eigenvalue weighted by Crippen LogP contribution is -2.39. The predicted octanol–water partition coefficient (Wildman–Crippen LogP) is 4.34. The normalized spacial score (nSPS) is 19.5. The van der Waals surface area contributed by atoms with Gasteiger partial charge in [0.15, 0.2) is 23.6 Å². The number of imidazole rings is 1. The Bertz CT molecular complexity index is 1880. The van der Waals surface area contributed by atoms with E-state index < -0.39 is 35.8 Å². The zero-order chi connectivity index (χ0) is 34.0. The standard InChI is InChI=1S/C35H36FN5O7/c1-20(2)31(43)39-34-38-30-28(32(44)40-34)37-19-41(30)33-27(36)29(42)26(48-33)18-47-35(21-8-6-5-7-9-21,22-10-14-24(45-3)15-11-22)23-12-16-25(46-4)17-13-23/h5-17,19-20,26-27,29,33,42H,18H2,1-4H3,(H2,38,39,40,43,44)/t26-,27?,29+,33-/m1/s1. The van der Waals surface area contributed by atoms with Crippen molar-refractivity contribution < 1.29 is 33.2 Å². The van der Waals surface area contributed by atoms with E-state index in [2.05, 4.69) is 20.3 Å². The topological polar surface area (TPSA) is 150 Å². The SMILES string of the molecule is COc1ccc(C(OC[C@H]2O[C@@H](n3cnc4c(=O)[nH]c(NC(=O)C(C)C)nc43)C(F)[C@H]2O)(c2ccccc2)c2ccc(OC)cc2)cc1. The smallest absolute Gasteiger partial charge is 0.280 e. The van der Waals surface area contributed by atoms with Crippen molar-refractivity contribution in [2.45, 2.75) is 44.1 Å². The van der Waals surface area contributed by atoms with Gasteiger partial charge in [-0.05, 0) is 41.0 Å². The summed E-state index contributed by atoms with van der Waals surface area (Å²) in [6, 6.07) is 24.4. The average molecular weight is 658 g/mol. The summed E-state index contributed by atoms with van der Waals surface area (Å²) in [4.78, 5) is 35.9. The molecule has 0 radical (unpaired) electrons. The first-order chi connectivity index (χ1) is 23.2. The fraction of sp³-hybridized carbons (Fsp3) is 0.314. The first-order valence-corrected chi connectivity index (χ1v) is 15.4. The van der Waals surface area contributed by atoms with Crippen LogP contribution in [0.15, 0.2) is 90.0 Å². The maximum atomic E-state index is 15.9. The van der Waals surface area contributed by atoms with E-state index in [1.807, 2.05) is 78.9 Å². The second kappa shape index (κ2) is 13.6. The Labute approximate surface area is 275 Å². The van der Waals surface area contributed by atoms with Crippen molar-refractivity contribution >= 4 is 23.0 Å². The van der Waals surface area contributed by atoms with E-state index in [-0.39, 0.29) is 35.5 Å². The minimum absolute atomic E-state index is 0.0191. The molecule has 5 aromatic rings. The number of methoxy groups -OCH3 is 2. The Morgan fingerprint density at radius 2 is 1.58 bits per heavy atom. The van der Waals surface area contributed by atoms with E-state index in [9.17, 15) is 14.7 Å². The van der Waals surface area contributed by atoms with Crippen LogP contribution in [0.25, 0.3) is 11.2 Å². The molecule has 0 spiro atoms. The van der Waals surface area contributed by atoms with Crippen molar-refractivity contribution in [3.63, 3.8) is 0 Å². The summed E-state index contributed by atoms with van der Waals surface area (Å²) in [7, 11) is 3.17. The molecule has 2 aromatic heterocycles. The van der Waals surface area contributed by atoms with Gasteiger partial charge in [-0.25, -0.2) is 9.37 Å². The molecule has 1 amide bonds. The molecular formula is C35H36FN5O7. The molecule has 1 aliphatic rings. The lowest BCUT2D eigenvalue weighted by Gasteiger charge is -2.37. The Balaban J connectivity index is 1.36. The number of fused-ring (bicyclic) bond motifs is 1. The summed E-state index contributed by atoms with van der Waals surface area (Å²) in [5, 5.41) is 13.7. The van der Waals surface area contributed by atoms with E-state index in [1.54, 1.807) is 28.1 Å². The number of alkyl halides is 1. The number of hydrogen-bond acceptors (Lipinski definition) is 9. The number of halogens is 1. The lowest BCUT2D eigenvalue weighted by molar-refractivity contribution is -0.118. The maximum absolute atomic E-state index is 15.9. The van der Waals surface area contributed by atoms with Crippen LogP contribution in [0, 0.1) is 5.92 Å². The van der Waals surface area contributed by atoms with Crippen LogP contribution in [0.1, 0.15) is 36.8 Å². The molecular weight excluding hydrogens is 621 g/mol. The summed E-state index contributed by atoms with van der Waals surface area (Å²) in [6.07, 6.45) is -4.84. The summed E-state index contributed by atoms with van der Waals surface area (Å²) in [5.74, 6) is 0.444. The number of aromatic nitrogens is 4. The molecule has 3 N–H and O–H groups in total. The number of amides is 1. The summed E-state index contributed by atoms with van der Waals surface area (Å²) in [5.41, 5.74) is 0.326. The molecule has 0 bridgehead atoms. The van der Waals surface area contributed by atoms with Crippen molar-refractivity contribution in [2.24, 2.45) is 5.92 Å². The third-order valence-electron chi connectivity index (χ3n) is 8.40. The molecule has 250 valence electrons. The lowest BCUT2D eigenvalue weighted by atomic mass is 9.80. The number of aromatic amines is 1. The number of rotatable bonds is 11. The number of aliphatic hydroxyl groups is 1. The molecule has 48 heavy (non-hydrogen) atoms. The highest BCUT2D eigenvalue weighted by Gasteiger charge is 2.48. The van der Waals surface area contributed by atoms with Gasteiger partial charge >= 0.3 is 0 Å². The number of aliphatic hydroxyl groups excluding tert-OH is 1. The second-order valence-electron chi connectivity index (χ2n) is 11.7. The highest BCUT2D eigenvalue weighted by molar-refractivity contribution is 5.91. The number of benzene rings is 3. The number of carbonyl (C=O) groups excluding carboxylic acids is 1. The quantitative estimate of drug-likeness (QED) is 0.176. The van der Waals surface area contributed by atoms with Crippen LogP contribution in [0.4, 0.5) is 10.3 Å². The largest absolute Gasteiger partial charge is 0.497 e. The molecule has 1 saturated heterocycles. The minimum atomic E-state index is -1.93. The fourth-order valence-electron chi connectivity index (χ4n) is 5.78. The molecule has 1 unspecified atom stereocenters. The van der Waals surface area contributed by atoms with Gasteiger partial charge in [0.05, 0.1) is 27.2 Å². The van der Waals surface area contributed by atoms with E-state index >= 15 is 4.39 Å². The molecule has 0 aliphatic carbocycles. The van der Waals surface area contributed by atoms with Gasteiger partial charge in [-0.1, -0.05) is 68.4 Å². The Hall–Kier alpha value is -5.11. The Kier molecular flexibility index (Phi) is 9.27. The number of anilines is 1. The zero-order valence-corrected chi connectivity index (χ0v) is 26.8. The van der Waals surface area contributed by atoms with Gasteiger partial charge in [-0.15, -0.1) is 0 Å². The van der Waals surface area contributed by atoms with Gasteiger partial charge in [0.2, 0.25) is 11.9 Å². The second-order valence-corrected chi connectivity index (χ2v) is 11.7. The highest BCUT2D eigenvalue weighted by Crippen LogP contribution is 2.43. The molecule has 6 rings (SSSR count). The number of H-pyrrole nitrogens is 1. The van der Waals surface area contributed by atoms with E-state index in [0.717, 1.165) is 16.7 Å². The maximum Gasteiger partial charge on any atom is 0.280 e. The minimum Gasteiger partial charge on any atom is -0.497 e. The number of nitrogens with one attached hydrogen (secondary N) is 2. The molecule has 1 fully saturated rings. The van der Waals surface area contributed by atoms with Gasteiger partial charge in [-0.3, -0.25) is 24.5 Å². The number of carbonyl (C=O) groups is 1. The Morgan fingerprint density at radius 3 is 2.15 bits per heavy atom. The average Bonchev–Trinajstić information content (AvgIpc) is 3.66. The molecule has 13 heteroatoms. The molecule has 4 atom stereocenters.